The Morgan fingerprint density at radius 2 is 1.80 bits per heavy atom. The lowest BCUT2D eigenvalue weighted by atomic mass is 9.92. The van der Waals surface area contributed by atoms with Crippen LogP contribution in [0.1, 0.15) is 74.5 Å². The lowest BCUT2D eigenvalue weighted by Crippen LogP contribution is -2.33. The van der Waals surface area contributed by atoms with E-state index in [1.165, 1.54) is 15.8 Å². The molecule has 0 radical (unpaired) electrons. The van der Waals surface area contributed by atoms with E-state index in [0.717, 1.165) is 35.6 Å². The van der Waals surface area contributed by atoms with Crippen molar-refractivity contribution in [3.05, 3.63) is 58.6 Å². The zero-order chi connectivity index (χ0) is 21.3. The Kier molecular flexibility index (Phi) is 6.21. The largest absolute Gasteiger partial charge is 0.324 e. The number of hydrogen-bond acceptors (Lipinski definition) is 4. The molecule has 0 saturated carbocycles. The molecule has 1 saturated heterocycles. The smallest absolute Gasteiger partial charge is 0.238 e. The molecule has 2 heterocycles. The Morgan fingerprint density at radius 3 is 2.47 bits per heavy atom. The molecule has 1 aliphatic rings. The first kappa shape index (κ1) is 21.0. The van der Waals surface area contributed by atoms with E-state index in [1.807, 2.05) is 6.07 Å². The van der Waals surface area contributed by atoms with Gasteiger partial charge in [-0.1, -0.05) is 58.0 Å². The van der Waals surface area contributed by atoms with Gasteiger partial charge in [-0.15, -0.1) is 11.3 Å². The molecule has 158 valence electrons. The molecule has 5 heteroatoms. The van der Waals surface area contributed by atoms with Crippen LogP contribution >= 0.6 is 11.3 Å². The molecule has 1 aliphatic heterocycles. The van der Waals surface area contributed by atoms with Crippen molar-refractivity contribution in [2.24, 2.45) is 0 Å². The van der Waals surface area contributed by atoms with Gasteiger partial charge in [-0.3, -0.25) is 9.69 Å². The topological polar surface area (TPSA) is 45.2 Å². The third kappa shape index (κ3) is 4.28. The van der Waals surface area contributed by atoms with Crippen LogP contribution in [0, 0.1) is 0 Å². The van der Waals surface area contributed by atoms with Gasteiger partial charge in [0.2, 0.25) is 5.91 Å². The summed E-state index contributed by atoms with van der Waals surface area (Å²) >= 11 is 1.76. The monoisotopic (exact) mass is 421 g/mol. The van der Waals surface area contributed by atoms with E-state index in [0.29, 0.717) is 18.4 Å². The third-order valence-electron chi connectivity index (χ3n) is 5.94. The Morgan fingerprint density at radius 1 is 1.10 bits per heavy atom. The fourth-order valence-corrected chi connectivity index (χ4v) is 5.52. The molecule has 1 N–H and O–H groups in total. The van der Waals surface area contributed by atoms with Crippen molar-refractivity contribution >= 4 is 33.1 Å². The van der Waals surface area contributed by atoms with Crippen LogP contribution < -0.4 is 5.32 Å². The summed E-state index contributed by atoms with van der Waals surface area (Å²) in [7, 11) is 0. The number of benzene rings is 2. The van der Waals surface area contributed by atoms with Gasteiger partial charge in [0.25, 0.3) is 0 Å². The van der Waals surface area contributed by atoms with Crippen molar-refractivity contribution in [1.29, 1.82) is 0 Å². The molecule has 0 bridgehead atoms. The molecule has 2 aromatic carbocycles. The first-order valence-electron chi connectivity index (χ1n) is 11.0. The molecular weight excluding hydrogens is 390 g/mol. The second-order valence-electron chi connectivity index (χ2n) is 8.82. The fraction of sp³-hybridized carbons (Fsp3) is 0.440. The zero-order valence-electron chi connectivity index (χ0n) is 18.3. The number of nitrogens with one attached hydrogen (secondary N) is 1. The van der Waals surface area contributed by atoms with Crippen LogP contribution in [0.15, 0.2) is 42.5 Å². The lowest BCUT2D eigenvalue weighted by molar-refractivity contribution is -0.117. The van der Waals surface area contributed by atoms with E-state index in [1.54, 1.807) is 11.3 Å². The number of likely N-dealkylation sites (tertiary alicyclic amines) is 1. The van der Waals surface area contributed by atoms with Gasteiger partial charge in [-0.05, 0) is 54.5 Å². The van der Waals surface area contributed by atoms with Crippen molar-refractivity contribution < 1.29 is 4.79 Å². The first-order valence-corrected chi connectivity index (χ1v) is 11.8. The number of carbonyl (C=O) groups excluding carboxylic acids is 1. The van der Waals surface area contributed by atoms with Crippen molar-refractivity contribution in [2.75, 3.05) is 18.4 Å². The third-order valence-corrected chi connectivity index (χ3v) is 7.08. The molecule has 30 heavy (non-hydrogen) atoms. The highest BCUT2D eigenvalue weighted by Crippen LogP contribution is 2.37. The normalized spacial score (nSPS) is 17.3. The average Bonchev–Trinajstić information content (AvgIpc) is 3.33. The summed E-state index contributed by atoms with van der Waals surface area (Å²) in [6.45, 7) is 10.1. The fourth-order valence-electron chi connectivity index (χ4n) is 4.39. The van der Waals surface area contributed by atoms with Gasteiger partial charge in [0.1, 0.15) is 5.01 Å². The molecule has 1 aromatic heterocycles. The van der Waals surface area contributed by atoms with Gasteiger partial charge in [-0.25, -0.2) is 4.98 Å². The van der Waals surface area contributed by atoms with Crippen LogP contribution in [0.25, 0.3) is 10.2 Å². The standard InChI is InChI=1S/C25H31N3OS/c1-16(2)18-9-7-10-19(17(3)4)24(18)27-23(29)15-28-14-8-12-21(28)25-26-20-11-5-6-13-22(20)30-25/h5-7,9-11,13,16-17,21H,8,12,14-15H2,1-4H3,(H,27,29)/t21-/m0/s1. The summed E-state index contributed by atoms with van der Waals surface area (Å²) < 4.78 is 1.22. The molecular formula is C25H31N3OS. The highest BCUT2D eigenvalue weighted by Gasteiger charge is 2.30. The van der Waals surface area contributed by atoms with Gasteiger partial charge in [0, 0.05) is 5.69 Å². The molecule has 1 amide bonds. The Hall–Kier alpha value is -2.24. The predicted molar refractivity (Wildman–Crippen MR) is 126 cm³/mol. The molecule has 3 aromatic rings. The van der Waals surface area contributed by atoms with Crippen LogP contribution in [0.2, 0.25) is 0 Å². The van der Waals surface area contributed by atoms with E-state index in [-0.39, 0.29) is 11.9 Å². The zero-order valence-corrected chi connectivity index (χ0v) is 19.1. The molecule has 4 nitrogen and oxygen atoms in total. The van der Waals surface area contributed by atoms with E-state index >= 15 is 0 Å². The summed E-state index contributed by atoms with van der Waals surface area (Å²) in [6.07, 6.45) is 2.17. The Labute approximate surface area is 183 Å². The second-order valence-corrected chi connectivity index (χ2v) is 9.88. The number of hydrogen-bond donors (Lipinski definition) is 1. The van der Waals surface area contributed by atoms with Crippen molar-refractivity contribution in [1.82, 2.24) is 9.88 Å². The quantitative estimate of drug-likeness (QED) is 0.507. The SMILES string of the molecule is CC(C)c1cccc(C(C)C)c1NC(=O)CN1CCC[C@H]1c1nc2ccccc2s1. The maximum Gasteiger partial charge on any atom is 0.238 e. The van der Waals surface area contributed by atoms with Gasteiger partial charge in [0.05, 0.1) is 22.8 Å². The molecule has 0 unspecified atom stereocenters. The highest BCUT2D eigenvalue weighted by molar-refractivity contribution is 7.18. The van der Waals surface area contributed by atoms with Gasteiger partial charge in [0.15, 0.2) is 0 Å². The molecule has 0 aliphatic carbocycles. The number of carbonyl (C=O) groups is 1. The molecule has 1 fully saturated rings. The number of rotatable bonds is 6. The summed E-state index contributed by atoms with van der Waals surface area (Å²) in [5.74, 6) is 0.792. The second kappa shape index (κ2) is 8.86. The van der Waals surface area contributed by atoms with E-state index in [2.05, 4.69) is 74.3 Å². The summed E-state index contributed by atoms with van der Waals surface area (Å²) in [4.78, 5) is 20.2. The molecule has 0 spiro atoms. The predicted octanol–water partition coefficient (Wildman–Crippen LogP) is 6.32. The van der Waals surface area contributed by atoms with Crippen molar-refractivity contribution in [3.8, 4) is 0 Å². The first-order chi connectivity index (χ1) is 14.4. The van der Waals surface area contributed by atoms with Crippen molar-refractivity contribution in [2.45, 2.75) is 58.4 Å². The van der Waals surface area contributed by atoms with Gasteiger partial charge < -0.3 is 5.32 Å². The number of anilines is 1. The average molecular weight is 422 g/mol. The van der Waals surface area contributed by atoms with Gasteiger partial charge in [-0.2, -0.15) is 0 Å². The van der Waals surface area contributed by atoms with Crippen LogP contribution in [-0.4, -0.2) is 28.9 Å². The molecule has 4 rings (SSSR count). The van der Waals surface area contributed by atoms with E-state index in [9.17, 15) is 4.79 Å². The highest BCUT2D eigenvalue weighted by atomic mass is 32.1. The maximum absolute atomic E-state index is 13.1. The number of aromatic nitrogens is 1. The Bertz CT molecular complexity index is 981. The van der Waals surface area contributed by atoms with Crippen LogP contribution in [0.4, 0.5) is 5.69 Å². The summed E-state index contributed by atoms with van der Waals surface area (Å²) in [5.41, 5.74) is 4.47. The maximum atomic E-state index is 13.1. The number of nitrogens with zero attached hydrogens (tertiary/aromatic N) is 2. The summed E-state index contributed by atoms with van der Waals surface area (Å²) in [6, 6.07) is 14.9. The number of amides is 1. The van der Waals surface area contributed by atoms with Crippen LogP contribution in [0.5, 0.6) is 0 Å². The minimum Gasteiger partial charge on any atom is -0.324 e. The van der Waals surface area contributed by atoms with Crippen LogP contribution in [0.3, 0.4) is 0 Å². The summed E-state index contributed by atoms with van der Waals surface area (Å²) in [5, 5.41) is 4.40. The minimum atomic E-state index is 0.0676. The van der Waals surface area contributed by atoms with Crippen LogP contribution in [-0.2, 0) is 4.79 Å². The number of fused-ring (bicyclic) bond motifs is 1. The number of thiazole rings is 1. The Balaban J connectivity index is 1.53. The van der Waals surface area contributed by atoms with E-state index in [4.69, 9.17) is 4.98 Å². The minimum absolute atomic E-state index is 0.0676. The number of para-hydroxylation sites is 2. The van der Waals surface area contributed by atoms with E-state index < -0.39 is 0 Å². The molecule has 1 atom stereocenters. The van der Waals surface area contributed by atoms with Gasteiger partial charge >= 0.3 is 0 Å². The lowest BCUT2D eigenvalue weighted by Gasteiger charge is -2.24. The van der Waals surface area contributed by atoms with Crippen molar-refractivity contribution in [3.63, 3.8) is 0 Å².